The predicted octanol–water partition coefficient (Wildman–Crippen LogP) is -0.0367. The molecule has 1 aliphatic rings. The molecule has 1 rings (SSSR count). The Kier molecular flexibility index (Phi) is 6.30. The largest absolute Gasteiger partial charge is 1.00 e. The Balaban J connectivity index is 0.00000121. The molecular weight excluding hydrogens is 231 g/mol. The third kappa shape index (κ3) is 3.40. The van der Waals surface area contributed by atoms with E-state index < -0.39 is 11.0 Å². The quantitative estimate of drug-likeness (QED) is 0.590. The van der Waals surface area contributed by atoms with Crippen molar-refractivity contribution in [2.24, 2.45) is 0 Å². The van der Waals surface area contributed by atoms with Crippen LogP contribution in [0.25, 0.3) is 0 Å². The molecule has 0 saturated carbocycles. The summed E-state index contributed by atoms with van der Waals surface area (Å²) >= 11 is 2.08. The summed E-state index contributed by atoms with van der Waals surface area (Å²) in [5.41, 5.74) is 0. The van der Waals surface area contributed by atoms with Crippen molar-refractivity contribution in [3.8, 4) is 0 Å². The molecule has 0 spiro atoms. The average molecular weight is 240 g/mol. The van der Waals surface area contributed by atoms with Crippen LogP contribution in [0.1, 0.15) is 13.3 Å². The molecule has 66 valence electrons. The normalized spacial score (nSPS) is 23.0. The second-order valence-corrected chi connectivity index (χ2v) is 5.99. The second-order valence-electron chi connectivity index (χ2n) is 2.64. The summed E-state index contributed by atoms with van der Waals surface area (Å²) in [5.74, 6) is 1.29. The summed E-state index contributed by atoms with van der Waals surface area (Å²) in [6.07, 6.45) is 0.900. The number of halogens is 3. The van der Waals surface area contributed by atoms with Crippen LogP contribution in [0, 0.1) is 0 Å². The van der Waals surface area contributed by atoms with E-state index in [4.69, 9.17) is 0 Å². The van der Waals surface area contributed by atoms with E-state index in [2.05, 4.69) is 0 Å². The Bertz CT molecular complexity index is 146. The minimum atomic E-state index is -4.69. The molecule has 1 saturated heterocycles. The minimum absolute atomic E-state index is 0. The van der Waals surface area contributed by atoms with Crippen molar-refractivity contribution in [1.29, 1.82) is 0 Å². The molecule has 0 bridgehead atoms. The molecule has 0 unspecified atom stereocenters. The molecule has 0 aromatic heterocycles. The summed E-state index contributed by atoms with van der Waals surface area (Å²) in [6.45, 7) is -3.40. The number of hydrogen-bond donors (Lipinski definition) is 0. The van der Waals surface area contributed by atoms with Crippen LogP contribution in [0.3, 0.4) is 0 Å². The van der Waals surface area contributed by atoms with E-state index in [1.54, 1.807) is 0 Å². The fourth-order valence-electron chi connectivity index (χ4n) is 0.839. The SMILES string of the molecule is CC1([B-](F)(F)F)SCCCS1.[K+]. The Hall–Kier alpha value is 2.19. The smallest absolute Gasteiger partial charge is 0.448 e. The minimum Gasteiger partial charge on any atom is -0.448 e. The Morgan fingerprint density at radius 3 is 1.83 bits per heavy atom. The molecule has 0 radical (unpaired) electrons. The molecule has 1 aliphatic heterocycles. The van der Waals surface area contributed by atoms with Gasteiger partial charge in [0.1, 0.15) is 0 Å². The molecule has 7 heteroatoms. The van der Waals surface area contributed by atoms with Crippen LogP contribution in [-0.4, -0.2) is 22.5 Å². The number of hydrogen-bond acceptors (Lipinski definition) is 2. The van der Waals surface area contributed by atoms with Gasteiger partial charge in [0.15, 0.2) is 0 Å². The van der Waals surface area contributed by atoms with Crippen LogP contribution in [0.2, 0.25) is 0 Å². The van der Waals surface area contributed by atoms with Gasteiger partial charge in [-0.05, 0) is 17.9 Å². The Morgan fingerprint density at radius 1 is 1.17 bits per heavy atom. The first-order chi connectivity index (χ1) is 4.96. The summed E-state index contributed by atoms with van der Waals surface area (Å²) in [6, 6.07) is 0. The Labute approximate surface area is 122 Å². The van der Waals surface area contributed by atoms with Crippen LogP contribution >= 0.6 is 23.5 Å². The van der Waals surface area contributed by atoms with Crippen molar-refractivity contribution in [2.45, 2.75) is 17.3 Å². The molecule has 0 nitrogen and oxygen atoms in total. The van der Waals surface area contributed by atoms with E-state index in [9.17, 15) is 12.9 Å². The standard InChI is InChI=1S/C5H9BF3S2.K/c1-5(6(7,8)9)10-3-2-4-11-5;/h2-4H2,1H3;/q-1;+1. The van der Waals surface area contributed by atoms with Gasteiger partial charge in [0, 0.05) is 3.98 Å². The van der Waals surface area contributed by atoms with Crippen molar-refractivity contribution in [3.63, 3.8) is 0 Å². The maximum absolute atomic E-state index is 12.3. The Morgan fingerprint density at radius 2 is 1.58 bits per heavy atom. The molecule has 0 N–H and O–H groups in total. The zero-order chi connectivity index (χ0) is 8.54. The molecule has 0 aliphatic carbocycles. The molecule has 0 amide bonds. The molecule has 0 aromatic rings. The van der Waals surface area contributed by atoms with Gasteiger partial charge in [-0.1, -0.05) is 6.92 Å². The van der Waals surface area contributed by atoms with Crippen molar-refractivity contribution in [3.05, 3.63) is 0 Å². The van der Waals surface area contributed by atoms with Gasteiger partial charge < -0.3 is 12.9 Å². The van der Waals surface area contributed by atoms with Crippen LogP contribution in [0.5, 0.6) is 0 Å². The van der Waals surface area contributed by atoms with Crippen molar-refractivity contribution in [1.82, 2.24) is 0 Å². The van der Waals surface area contributed by atoms with E-state index in [1.165, 1.54) is 6.92 Å². The number of thioether (sulfide) groups is 2. The first kappa shape index (κ1) is 14.2. The van der Waals surface area contributed by atoms with Gasteiger partial charge in [0.25, 0.3) is 0 Å². The molecule has 1 heterocycles. The average Bonchev–Trinajstić information content (AvgIpc) is 1.87. The first-order valence-corrected chi connectivity index (χ1v) is 5.40. The van der Waals surface area contributed by atoms with Gasteiger partial charge in [-0.3, -0.25) is 0 Å². The zero-order valence-electron chi connectivity index (χ0n) is 7.15. The van der Waals surface area contributed by atoms with Gasteiger partial charge in [0.05, 0.1) is 0 Å². The van der Waals surface area contributed by atoms with Gasteiger partial charge in [-0.25, -0.2) is 0 Å². The van der Waals surface area contributed by atoms with Gasteiger partial charge >= 0.3 is 58.4 Å². The third-order valence-corrected chi connectivity index (χ3v) is 5.03. The molecular formula is C5H9BF3KS2. The van der Waals surface area contributed by atoms with E-state index in [-0.39, 0.29) is 51.4 Å². The van der Waals surface area contributed by atoms with E-state index >= 15 is 0 Å². The van der Waals surface area contributed by atoms with Crippen LogP contribution in [0.15, 0.2) is 0 Å². The van der Waals surface area contributed by atoms with Crippen LogP contribution < -0.4 is 51.4 Å². The molecule has 1 fully saturated rings. The topological polar surface area (TPSA) is 0 Å². The summed E-state index contributed by atoms with van der Waals surface area (Å²) in [4.78, 5) is 0. The van der Waals surface area contributed by atoms with Crippen molar-refractivity contribution >= 4 is 30.5 Å². The van der Waals surface area contributed by atoms with E-state index in [0.29, 0.717) is 11.5 Å². The van der Waals surface area contributed by atoms with E-state index in [0.717, 1.165) is 29.9 Å². The van der Waals surface area contributed by atoms with Gasteiger partial charge in [-0.15, -0.1) is 0 Å². The molecule has 0 atom stereocenters. The summed E-state index contributed by atoms with van der Waals surface area (Å²) < 4.78 is 35.6. The van der Waals surface area contributed by atoms with E-state index in [1.807, 2.05) is 0 Å². The van der Waals surface area contributed by atoms with Crippen LogP contribution in [-0.2, 0) is 0 Å². The van der Waals surface area contributed by atoms with Crippen LogP contribution in [0.4, 0.5) is 12.9 Å². The maximum atomic E-state index is 12.3. The van der Waals surface area contributed by atoms with Gasteiger partial charge in [-0.2, -0.15) is 23.5 Å². The summed E-state index contributed by atoms with van der Waals surface area (Å²) in [7, 11) is 0. The number of rotatable bonds is 1. The molecule has 0 aromatic carbocycles. The molecule has 12 heavy (non-hydrogen) atoms. The van der Waals surface area contributed by atoms with Gasteiger partial charge in [0.2, 0.25) is 0 Å². The zero-order valence-corrected chi connectivity index (χ0v) is 11.9. The fraction of sp³-hybridized carbons (Fsp3) is 1.00. The van der Waals surface area contributed by atoms with Crippen molar-refractivity contribution in [2.75, 3.05) is 11.5 Å². The predicted molar refractivity (Wildman–Crippen MR) is 47.0 cm³/mol. The van der Waals surface area contributed by atoms with Crippen molar-refractivity contribution < 1.29 is 64.3 Å². The monoisotopic (exact) mass is 240 g/mol. The third-order valence-electron chi connectivity index (χ3n) is 1.66. The maximum Gasteiger partial charge on any atom is 1.00 e. The first-order valence-electron chi connectivity index (χ1n) is 3.43. The summed E-state index contributed by atoms with van der Waals surface area (Å²) in [5, 5.41) is 0. The second kappa shape index (κ2) is 5.32. The fourth-order valence-corrected chi connectivity index (χ4v) is 3.62.